The molecule has 0 radical (unpaired) electrons. The number of hydrogen-bond donors (Lipinski definition) is 0. The van der Waals surface area contributed by atoms with Crippen LogP contribution in [0.3, 0.4) is 0 Å². The summed E-state index contributed by atoms with van der Waals surface area (Å²) in [7, 11) is 0. The predicted octanol–water partition coefficient (Wildman–Crippen LogP) is 12.8. The van der Waals surface area contributed by atoms with E-state index in [1.807, 2.05) is 77.4 Å². The van der Waals surface area contributed by atoms with Crippen molar-refractivity contribution in [2.45, 2.75) is 38.6 Å². The Balaban J connectivity index is 1.18. The van der Waals surface area contributed by atoms with Crippen molar-refractivity contribution in [2.75, 3.05) is 0 Å². The quantitative estimate of drug-likeness (QED) is 0.152. The molecule has 1 aliphatic carbocycles. The van der Waals surface area contributed by atoms with E-state index in [1.54, 1.807) is 6.07 Å². The summed E-state index contributed by atoms with van der Waals surface area (Å²) in [5, 5.41) is 0.697. The van der Waals surface area contributed by atoms with Gasteiger partial charge >= 0.3 is 0 Å². The summed E-state index contributed by atoms with van der Waals surface area (Å²) in [6.45, 7) is 4.43. The van der Waals surface area contributed by atoms with Crippen LogP contribution in [0.15, 0.2) is 170 Å². The Kier molecular flexibility index (Phi) is 4.87. The van der Waals surface area contributed by atoms with Gasteiger partial charge in [-0.15, -0.1) is 0 Å². The van der Waals surface area contributed by atoms with Gasteiger partial charge in [-0.3, -0.25) is 0 Å². The Morgan fingerprint density at radius 2 is 1.19 bits per heavy atom. The molecule has 2 heteroatoms. The second kappa shape index (κ2) is 12.5. The molecule has 0 spiro atoms. The van der Waals surface area contributed by atoms with Crippen molar-refractivity contribution in [3.8, 4) is 33.6 Å². The number of aryl methyl sites for hydroxylation is 2. The number of fused-ring (bicyclic) bond motifs is 6. The smallest absolute Gasteiger partial charge is 0.141 e. The van der Waals surface area contributed by atoms with E-state index in [1.165, 1.54) is 0 Å². The number of hydrogen-bond acceptors (Lipinski definition) is 1. The first-order valence-electron chi connectivity index (χ1n) is 24.2. The molecule has 0 unspecified atom stereocenters. The largest absolute Gasteiger partial charge is 0.319 e. The van der Waals surface area contributed by atoms with Gasteiger partial charge in [0.05, 0.1) is 28.9 Å². The zero-order valence-corrected chi connectivity index (χ0v) is 29.2. The normalized spacial score (nSPS) is 16.5. The highest BCUT2D eigenvalue weighted by atomic mass is 15.1. The minimum atomic E-state index is -0.508. The van der Waals surface area contributed by atoms with Crippen LogP contribution in [-0.4, -0.2) is 9.55 Å². The zero-order valence-electron chi connectivity index (χ0n) is 42.2. The van der Waals surface area contributed by atoms with Gasteiger partial charge in [-0.1, -0.05) is 165 Å². The summed E-state index contributed by atoms with van der Waals surface area (Å²) in [4.78, 5) is 4.79. The zero-order chi connectivity index (χ0) is 46.8. The summed E-state index contributed by atoms with van der Waals surface area (Å²) < 4.78 is 118. The Labute approximate surface area is 329 Å². The van der Waals surface area contributed by atoms with Crippen molar-refractivity contribution in [1.82, 2.24) is 9.55 Å². The van der Waals surface area contributed by atoms with E-state index in [-0.39, 0.29) is 88.6 Å². The molecule has 0 saturated carbocycles. The van der Waals surface area contributed by atoms with Gasteiger partial charge in [-0.2, -0.15) is 0 Å². The first kappa shape index (κ1) is 20.7. The van der Waals surface area contributed by atoms with Crippen LogP contribution >= 0.6 is 0 Å². The fraction of sp³-hybridized carbons (Fsp3) is 0.118. The van der Waals surface area contributed by atoms with E-state index in [0.29, 0.717) is 27.7 Å². The molecule has 0 atom stereocenters. The maximum absolute atomic E-state index is 9.46. The molecule has 0 aliphatic heterocycles. The molecule has 0 amide bonds. The Morgan fingerprint density at radius 3 is 1.96 bits per heavy atom. The summed E-state index contributed by atoms with van der Waals surface area (Å²) in [6, 6.07) is 23.6. The second-order valence-corrected chi connectivity index (χ2v) is 14.1. The van der Waals surface area contributed by atoms with Gasteiger partial charge in [-0.25, -0.2) is 4.98 Å². The van der Waals surface area contributed by atoms with Crippen LogP contribution in [0.1, 0.15) is 59.5 Å². The van der Waals surface area contributed by atoms with Gasteiger partial charge in [-0.05, 0) is 103 Å². The standard InChI is InChI=1S/C51H40N2/c1-51(2)45-25-13-12-22-41(45)42-31-29-36(32-46(42)51)49-43-23-10-8-20-38(43)40(39-21-9-11-24-44(39)49)30-28-34-16-6-7-19-37(34)33-53-48-27-15-14-26-47(48)52-50(53)35-17-4-3-5-18-35/h3-27,29,31-32H,28,30,33H2,1-2H3/i3D,4D,5D,8D,9D,10D,11D,17D,18D,20D,21D,23D,24D. The van der Waals surface area contributed by atoms with Gasteiger partial charge in [0, 0.05) is 17.5 Å². The molecule has 9 aromatic rings. The van der Waals surface area contributed by atoms with Crippen LogP contribution in [0.5, 0.6) is 0 Å². The van der Waals surface area contributed by atoms with Crippen LogP contribution in [0, 0.1) is 0 Å². The molecule has 2 nitrogen and oxygen atoms in total. The lowest BCUT2D eigenvalue weighted by Crippen LogP contribution is -2.14. The first-order valence-corrected chi connectivity index (χ1v) is 17.7. The van der Waals surface area contributed by atoms with Crippen LogP contribution in [-0.2, 0) is 24.8 Å². The molecule has 0 N–H and O–H groups in total. The van der Waals surface area contributed by atoms with Gasteiger partial charge in [0.2, 0.25) is 0 Å². The van der Waals surface area contributed by atoms with E-state index in [4.69, 9.17) is 17.3 Å². The monoisotopic (exact) mass is 693 g/mol. The molecule has 1 aromatic heterocycles. The fourth-order valence-corrected chi connectivity index (χ4v) is 8.27. The number of para-hydroxylation sites is 2. The fourth-order valence-electron chi connectivity index (χ4n) is 8.27. The van der Waals surface area contributed by atoms with Crippen LogP contribution < -0.4 is 0 Å². The van der Waals surface area contributed by atoms with Crippen molar-refractivity contribution < 1.29 is 17.8 Å². The van der Waals surface area contributed by atoms with Crippen LogP contribution in [0.4, 0.5) is 0 Å². The maximum Gasteiger partial charge on any atom is 0.141 e. The average Bonchev–Trinajstić information content (AvgIpc) is 3.79. The average molecular weight is 694 g/mol. The van der Waals surface area contributed by atoms with E-state index >= 15 is 0 Å². The first-order chi connectivity index (χ1) is 31.4. The lowest BCUT2D eigenvalue weighted by atomic mass is 9.80. The Hall–Kier alpha value is -6.25. The highest BCUT2D eigenvalue weighted by Crippen LogP contribution is 2.50. The minimum Gasteiger partial charge on any atom is -0.319 e. The second-order valence-electron chi connectivity index (χ2n) is 14.1. The van der Waals surface area contributed by atoms with E-state index in [0.717, 1.165) is 33.4 Å². The third-order valence-electron chi connectivity index (χ3n) is 10.8. The highest BCUT2D eigenvalue weighted by Gasteiger charge is 2.35. The SMILES string of the molecule is [2H]c1c([2H])c([2H])c(-c2nc3ccccc3n2Cc2ccccc2CCc2c3c([2H])c([2H])c([2H])c([2H])c3c(-c3ccc4c(c3)C(C)(C)c3ccccc3-4)c3c([2H])c([2H])c([2H])c([2H])c23)c([2H])c1[2H]. The van der Waals surface area contributed by atoms with Crippen molar-refractivity contribution in [2.24, 2.45) is 0 Å². The molecule has 1 aliphatic rings. The van der Waals surface area contributed by atoms with Gasteiger partial charge in [0.1, 0.15) is 5.82 Å². The Bertz CT molecular complexity index is 3480. The highest BCUT2D eigenvalue weighted by molar-refractivity contribution is 6.15. The molecule has 0 fully saturated rings. The summed E-state index contributed by atoms with van der Waals surface area (Å²) in [5.41, 5.74) is 7.86. The number of aromatic nitrogens is 2. The molecular weight excluding hydrogens is 641 g/mol. The van der Waals surface area contributed by atoms with Crippen molar-refractivity contribution >= 4 is 32.6 Å². The number of imidazole rings is 1. The molecule has 10 rings (SSSR count). The molecule has 8 aromatic carbocycles. The van der Waals surface area contributed by atoms with Crippen molar-refractivity contribution in [1.29, 1.82) is 0 Å². The topological polar surface area (TPSA) is 17.8 Å². The Morgan fingerprint density at radius 1 is 0.566 bits per heavy atom. The van der Waals surface area contributed by atoms with E-state index in [2.05, 4.69) is 26.0 Å². The van der Waals surface area contributed by atoms with Gasteiger partial charge in [0.15, 0.2) is 0 Å². The maximum atomic E-state index is 9.46. The summed E-state index contributed by atoms with van der Waals surface area (Å²) in [5.74, 6) is 0.196. The lowest BCUT2D eigenvalue weighted by Gasteiger charge is -2.23. The van der Waals surface area contributed by atoms with Gasteiger partial charge < -0.3 is 4.57 Å². The lowest BCUT2D eigenvalue weighted by molar-refractivity contribution is 0.660. The third-order valence-corrected chi connectivity index (χ3v) is 10.8. The van der Waals surface area contributed by atoms with Crippen LogP contribution in [0.2, 0.25) is 0 Å². The van der Waals surface area contributed by atoms with E-state index in [9.17, 15) is 5.48 Å². The molecule has 1 heterocycles. The number of rotatable bonds is 7. The van der Waals surface area contributed by atoms with Crippen LogP contribution in [0.25, 0.3) is 66.2 Å². The van der Waals surface area contributed by atoms with Crippen molar-refractivity contribution in [3.63, 3.8) is 0 Å². The molecular formula is C51H40N2. The number of nitrogens with zero attached hydrogens (tertiary/aromatic N) is 2. The molecule has 53 heavy (non-hydrogen) atoms. The molecule has 0 saturated heterocycles. The van der Waals surface area contributed by atoms with E-state index < -0.39 is 47.7 Å². The van der Waals surface area contributed by atoms with Gasteiger partial charge in [0.25, 0.3) is 0 Å². The number of benzene rings is 8. The molecule has 0 bridgehead atoms. The molecule has 254 valence electrons. The summed E-state index contributed by atoms with van der Waals surface area (Å²) >= 11 is 0. The third kappa shape index (κ3) is 5.12. The minimum absolute atomic E-state index is 0.0348. The van der Waals surface area contributed by atoms with Crippen molar-refractivity contribution in [3.05, 3.63) is 197 Å². The predicted molar refractivity (Wildman–Crippen MR) is 223 cm³/mol. The summed E-state index contributed by atoms with van der Waals surface area (Å²) in [6.07, 6.45) is 0.384.